The Morgan fingerprint density at radius 1 is 1.33 bits per heavy atom. The van der Waals surface area contributed by atoms with Gasteiger partial charge in [0, 0.05) is 5.92 Å². The maximum Gasteiger partial charge on any atom is 0.266 e. The summed E-state index contributed by atoms with van der Waals surface area (Å²) in [7, 11) is 0. The van der Waals surface area contributed by atoms with Gasteiger partial charge in [0.25, 0.3) is 6.43 Å². The van der Waals surface area contributed by atoms with E-state index in [0.29, 0.717) is 11.6 Å². The van der Waals surface area contributed by atoms with Gasteiger partial charge in [-0.3, -0.25) is 0 Å². The Kier molecular flexibility index (Phi) is 2.57. The number of rotatable bonds is 3. The van der Waals surface area contributed by atoms with Crippen molar-refractivity contribution in [3.05, 3.63) is 41.5 Å². The molecule has 1 heterocycles. The molecule has 1 fully saturated rings. The summed E-state index contributed by atoms with van der Waals surface area (Å²) in [6.07, 6.45) is 1.95. The molecule has 1 radical (unpaired) electrons. The molecule has 1 aliphatic rings. The molecule has 6 heteroatoms. The number of halogens is 3. The predicted molar refractivity (Wildman–Crippen MR) is 57.1 cm³/mol. The van der Waals surface area contributed by atoms with E-state index < -0.39 is 17.8 Å². The smallest absolute Gasteiger partial charge is 0.217 e. The highest BCUT2D eigenvalue weighted by molar-refractivity contribution is 5.38. The van der Waals surface area contributed by atoms with Crippen molar-refractivity contribution >= 4 is 0 Å². The van der Waals surface area contributed by atoms with Crippen LogP contribution in [-0.2, 0) is 0 Å². The van der Waals surface area contributed by atoms with E-state index in [4.69, 9.17) is 0 Å². The van der Waals surface area contributed by atoms with Crippen LogP contribution in [0.5, 0.6) is 0 Å². The van der Waals surface area contributed by atoms with Crippen molar-refractivity contribution < 1.29 is 13.2 Å². The molecule has 93 valence electrons. The van der Waals surface area contributed by atoms with Gasteiger partial charge in [-0.1, -0.05) is 5.21 Å². The largest absolute Gasteiger partial charge is 0.266 e. The Morgan fingerprint density at radius 3 is 2.78 bits per heavy atom. The normalized spacial score (nSPS) is 15.3. The van der Waals surface area contributed by atoms with Crippen molar-refractivity contribution in [2.75, 3.05) is 0 Å². The fraction of sp³-hybridized carbons (Fsp3) is 0.333. The second-order valence-corrected chi connectivity index (χ2v) is 4.28. The van der Waals surface area contributed by atoms with Crippen molar-refractivity contribution in [3.8, 4) is 5.69 Å². The average molecular weight is 252 g/mol. The van der Waals surface area contributed by atoms with Crippen molar-refractivity contribution in [1.82, 2.24) is 15.0 Å². The third kappa shape index (κ3) is 1.87. The van der Waals surface area contributed by atoms with Gasteiger partial charge in [-0.15, -0.1) is 5.10 Å². The van der Waals surface area contributed by atoms with E-state index in [1.54, 1.807) is 0 Å². The van der Waals surface area contributed by atoms with Crippen LogP contribution in [0.15, 0.2) is 18.2 Å². The van der Waals surface area contributed by atoms with Crippen LogP contribution in [0.3, 0.4) is 0 Å². The summed E-state index contributed by atoms with van der Waals surface area (Å²) >= 11 is 0. The Hall–Kier alpha value is -1.85. The van der Waals surface area contributed by atoms with E-state index in [0.717, 1.165) is 30.7 Å². The molecule has 0 atom stereocenters. The first-order valence-electron chi connectivity index (χ1n) is 5.58. The molecule has 2 aromatic rings. The van der Waals surface area contributed by atoms with E-state index in [1.807, 2.05) is 0 Å². The number of hydrogen-bond donors (Lipinski definition) is 0. The lowest BCUT2D eigenvalue weighted by atomic mass is 10.2. The highest BCUT2D eigenvalue weighted by Crippen LogP contribution is 2.40. The third-order valence-corrected chi connectivity index (χ3v) is 2.95. The molecule has 0 N–H and O–H groups in total. The summed E-state index contributed by atoms with van der Waals surface area (Å²) in [5.74, 6) is -0.578. The fourth-order valence-corrected chi connectivity index (χ4v) is 1.86. The first-order valence-corrected chi connectivity index (χ1v) is 5.58. The molecule has 0 aliphatic heterocycles. The van der Waals surface area contributed by atoms with E-state index in [1.165, 1.54) is 10.7 Å². The van der Waals surface area contributed by atoms with Crippen molar-refractivity contribution in [1.29, 1.82) is 0 Å². The molecule has 3 rings (SSSR count). The summed E-state index contributed by atoms with van der Waals surface area (Å²) in [6, 6.07) is 3.54. The van der Waals surface area contributed by atoms with Gasteiger partial charge < -0.3 is 0 Å². The van der Waals surface area contributed by atoms with Crippen molar-refractivity contribution in [3.63, 3.8) is 0 Å². The zero-order chi connectivity index (χ0) is 12.7. The van der Waals surface area contributed by atoms with Gasteiger partial charge in [-0.2, -0.15) is 0 Å². The van der Waals surface area contributed by atoms with E-state index in [9.17, 15) is 13.2 Å². The van der Waals surface area contributed by atoms with Crippen LogP contribution < -0.4 is 0 Å². The van der Waals surface area contributed by atoms with Crippen LogP contribution in [0.25, 0.3) is 5.69 Å². The van der Waals surface area contributed by atoms with Crippen LogP contribution in [0.2, 0.25) is 0 Å². The van der Waals surface area contributed by atoms with Gasteiger partial charge in [0.05, 0.1) is 16.9 Å². The summed E-state index contributed by atoms with van der Waals surface area (Å²) in [5.41, 5.74) is 0.536. The number of alkyl halides is 2. The zero-order valence-electron chi connectivity index (χ0n) is 9.28. The Balaban J connectivity index is 2.05. The van der Waals surface area contributed by atoms with E-state index >= 15 is 0 Å². The maximum atomic E-state index is 13.2. The topological polar surface area (TPSA) is 30.7 Å². The van der Waals surface area contributed by atoms with E-state index in [-0.39, 0.29) is 0 Å². The molecular formula is C12H9F3N3. The molecule has 18 heavy (non-hydrogen) atoms. The molecule has 1 aromatic carbocycles. The van der Waals surface area contributed by atoms with Gasteiger partial charge in [0.15, 0.2) is 0 Å². The van der Waals surface area contributed by atoms with Crippen LogP contribution in [0, 0.1) is 12.0 Å². The zero-order valence-corrected chi connectivity index (χ0v) is 9.28. The Bertz CT molecular complexity index is 576. The number of nitrogens with zero attached hydrogens (tertiary/aromatic N) is 3. The highest BCUT2D eigenvalue weighted by atomic mass is 19.3. The lowest BCUT2D eigenvalue weighted by Crippen LogP contribution is -2.03. The van der Waals surface area contributed by atoms with Crippen LogP contribution in [-0.4, -0.2) is 15.0 Å². The summed E-state index contributed by atoms with van der Waals surface area (Å²) in [5, 5.41) is 7.48. The maximum absolute atomic E-state index is 13.2. The van der Waals surface area contributed by atoms with Crippen molar-refractivity contribution in [2.45, 2.75) is 25.2 Å². The van der Waals surface area contributed by atoms with Crippen LogP contribution in [0.4, 0.5) is 13.2 Å². The minimum atomic E-state index is -2.85. The average Bonchev–Trinajstić information content (AvgIpc) is 3.08. The van der Waals surface area contributed by atoms with Gasteiger partial charge in [0.1, 0.15) is 12.0 Å². The fourth-order valence-electron chi connectivity index (χ4n) is 1.86. The van der Waals surface area contributed by atoms with Gasteiger partial charge in [0.2, 0.25) is 0 Å². The number of benzene rings is 1. The molecule has 0 bridgehead atoms. The summed E-state index contributed by atoms with van der Waals surface area (Å²) in [4.78, 5) is 0. The first-order chi connectivity index (χ1) is 8.66. The molecule has 0 unspecified atom stereocenters. The molecule has 1 saturated carbocycles. The molecule has 0 saturated heterocycles. The molecule has 0 amide bonds. The SMILES string of the molecule is Fc1ccc(-n2nn[c]c2C2CC2)cc1C(F)F. The second-order valence-electron chi connectivity index (χ2n) is 4.28. The quantitative estimate of drug-likeness (QED) is 0.840. The van der Waals surface area contributed by atoms with Gasteiger partial charge >= 0.3 is 0 Å². The minimum absolute atomic E-state index is 0.333. The van der Waals surface area contributed by atoms with E-state index in [2.05, 4.69) is 16.5 Å². The number of hydrogen-bond acceptors (Lipinski definition) is 2. The number of aromatic nitrogens is 3. The first kappa shape index (κ1) is 11.3. The Morgan fingerprint density at radius 2 is 2.11 bits per heavy atom. The highest BCUT2D eigenvalue weighted by Gasteiger charge is 2.29. The predicted octanol–water partition coefficient (Wildman–Crippen LogP) is 3.02. The monoisotopic (exact) mass is 252 g/mol. The molecule has 0 spiro atoms. The Labute approximate surface area is 101 Å². The summed E-state index contributed by atoms with van der Waals surface area (Å²) in [6.45, 7) is 0. The van der Waals surface area contributed by atoms with Gasteiger partial charge in [-0.05, 0) is 31.0 Å². The second kappa shape index (κ2) is 4.12. The lowest BCUT2D eigenvalue weighted by Gasteiger charge is -2.08. The lowest BCUT2D eigenvalue weighted by molar-refractivity contribution is 0.146. The van der Waals surface area contributed by atoms with Crippen LogP contribution >= 0.6 is 0 Å². The molecular weight excluding hydrogens is 243 g/mol. The minimum Gasteiger partial charge on any atom is -0.217 e. The molecule has 3 nitrogen and oxygen atoms in total. The standard InChI is InChI=1S/C12H9F3N3/c13-10-4-3-8(5-9(10)12(14)15)18-11(6-16-17-18)7-1-2-7/h3-5,7,12H,1-2H2. The van der Waals surface area contributed by atoms with Gasteiger partial charge in [-0.25, -0.2) is 17.9 Å². The summed E-state index contributed by atoms with van der Waals surface area (Å²) < 4.78 is 39.9. The van der Waals surface area contributed by atoms with Crippen molar-refractivity contribution in [2.24, 2.45) is 0 Å². The molecule has 1 aromatic heterocycles. The third-order valence-electron chi connectivity index (χ3n) is 2.95. The molecule has 1 aliphatic carbocycles. The van der Waals surface area contributed by atoms with Crippen LogP contribution in [0.1, 0.15) is 36.4 Å².